The second-order valence-electron chi connectivity index (χ2n) is 4.33. The molecule has 0 saturated carbocycles. The molecule has 0 radical (unpaired) electrons. The average molecular weight is 249 g/mol. The van der Waals surface area contributed by atoms with Crippen molar-refractivity contribution in [2.45, 2.75) is 12.8 Å². The molecular weight excluding hydrogens is 236 g/mol. The van der Waals surface area contributed by atoms with E-state index in [9.17, 15) is 0 Å². The molecule has 1 saturated heterocycles. The third kappa shape index (κ3) is 1.96. The van der Waals surface area contributed by atoms with Gasteiger partial charge in [0, 0.05) is 29.6 Å². The molecule has 0 aliphatic carbocycles. The Morgan fingerprint density at radius 1 is 1.41 bits per heavy atom. The van der Waals surface area contributed by atoms with Crippen molar-refractivity contribution in [3.63, 3.8) is 0 Å². The van der Waals surface area contributed by atoms with Gasteiger partial charge in [-0.05, 0) is 25.1 Å². The third-order valence-corrected chi connectivity index (χ3v) is 3.31. The molecule has 2 aromatic rings. The summed E-state index contributed by atoms with van der Waals surface area (Å²) in [5, 5.41) is 3.94. The van der Waals surface area contributed by atoms with Gasteiger partial charge < -0.3 is 9.73 Å². The van der Waals surface area contributed by atoms with Gasteiger partial charge in [0.2, 0.25) is 5.89 Å². The van der Waals surface area contributed by atoms with Crippen LogP contribution in [0.5, 0.6) is 0 Å². The summed E-state index contributed by atoms with van der Waals surface area (Å²) in [5.74, 6) is 2.06. The second-order valence-corrected chi connectivity index (χ2v) is 4.76. The smallest absolute Gasteiger partial charge is 0.226 e. The van der Waals surface area contributed by atoms with E-state index in [4.69, 9.17) is 16.0 Å². The summed E-state index contributed by atoms with van der Waals surface area (Å²) in [6, 6.07) is 7.58. The second kappa shape index (κ2) is 4.17. The number of nitrogens with one attached hydrogen (secondary N) is 1. The van der Waals surface area contributed by atoms with E-state index in [1.165, 1.54) is 0 Å². The van der Waals surface area contributed by atoms with Crippen molar-refractivity contribution in [3.8, 4) is 11.5 Å². The van der Waals surface area contributed by atoms with E-state index in [2.05, 4.69) is 10.3 Å². The van der Waals surface area contributed by atoms with Crippen molar-refractivity contribution in [3.05, 3.63) is 40.7 Å². The van der Waals surface area contributed by atoms with Crippen molar-refractivity contribution in [2.75, 3.05) is 13.1 Å². The molecule has 1 aromatic heterocycles. The lowest BCUT2D eigenvalue weighted by Crippen LogP contribution is -2.40. The van der Waals surface area contributed by atoms with Gasteiger partial charge in [0.05, 0.1) is 5.69 Å². The van der Waals surface area contributed by atoms with Crippen LogP contribution in [0.2, 0.25) is 5.02 Å². The molecule has 4 heteroatoms. The lowest BCUT2D eigenvalue weighted by atomic mass is 9.98. The van der Waals surface area contributed by atoms with E-state index in [0.717, 1.165) is 30.1 Å². The molecule has 0 atom stereocenters. The third-order valence-electron chi connectivity index (χ3n) is 3.07. The maximum absolute atomic E-state index is 5.96. The molecule has 1 aromatic carbocycles. The van der Waals surface area contributed by atoms with Gasteiger partial charge >= 0.3 is 0 Å². The topological polar surface area (TPSA) is 38.1 Å². The van der Waals surface area contributed by atoms with E-state index < -0.39 is 0 Å². The summed E-state index contributed by atoms with van der Waals surface area (Å²) in [4.78, 5) is 4.58. The van der Waals surface area contributed by atoms with Gasteiger partial charge in [-0.2, -0.15) is 0 Å². The normalized spacial score (nSPS) is 15.9. The highest BCUT2D eigenvalue weighted by atomic mass is 35.5. The van der Waals surface area contributed by atoms with Crippen molar-refractivity contribution in [1.29, 1.82) is 0 Å². The van der Waals surface area contributed by atoms with Crippen LogP contribution in [0.15, 0.2) is 28.7 Å². The van der Waals surface area contributed by atoms with Crippen LogP contribution in [0.3, 0.4) is 0 Å². The van der Waals surface area contributed by atoms with Crippen LogP contribution in [0, 0.1) is 6.92 Å². The van der Waals surface area contributed by atoms with Crippen molar-refractivity contribution in [1.82, 2.24) is 10.3 Å². The van der Waals surface area contributed by atoms with E-state index in [-0.39, 0.29) is 0 Å². The Hall–Kier alpha value is -1.32. The van der Waals surface area contributed by atoms with Crippen LogP contribution < -0.4 is 5.32 Å². The molecule has 1 fully saturated rings. The van der Waals surface area contributed by atoms with Gasteiger partial charge in [-0.15, -0.1) is 0 Å². The number of hydrogen-bond donors (Lipinski definition) is 1. The molecule has 17 heavy (non-hydrogen) atoms. The van der Waals surface area contributed by atoms with Crippen LogP contribution in [0.25, 0.3) is 11.5 Å². The average Bonchev–Trinajstić information content (AvgIpc) is 2.59. The van der Waals surface area contributed by atoms with Gasteiger partial charge in [-0.1, -0.05) is 17.7 Å². The minimum absolute atomic E-state index is 0.492. The number of rotatable bonds is 2. The quantitative estimate of drug-likeness (QED) is 0.888. The van der Waals surface area contributed by atoms with E-state index in [0.29, 0.717) is 16.8 Å². The van der Waals surface area contributed by atoms with Crippen LogP contribution in [-0.2, 0) is 0 Å². The fraction of sp³-hybridized carbons (Fsp3) is 0.308. The number of benzene rings is 1. The van der Waals surface area contributed by atoms with E-state index in [1.54, 1.807) is 0 Å². The van der Waals surface area contributed by atoms with Crippen LogP contribution in [0.1, 0.15) is 17.4 Å². The van der Waals surface area contributed by atoms with Gasteiger partial charge in [0.25, 0.3) is 0 Å². The Bertz CT molecular complexity index is 546. The molecule has 1 aliphatic rings. The first kappa shape index (κ1) is 10.8. The summed E-state index contributed by atoms with van der Waals surface area (Å²) in [7, 11) is 0. The molecule has 1 aliphatic heterocycles. The van der Waals surface area contributed by atoms with Gasteiger partial charge in [0.1, 0.15) is 5.76 Å². The standard InChI is InChI=1S/C13H13ClN2O/c1-8-12(10-6-15-7-10)16-13(17-8)9-3-2-4-11(14)5-9/h2-5,10,15H,6-7H2,1H3. The minimum Gasteiger partial charge on any atom is -0.441 e. The highest BCUT2D eigenvalue weighted by Gasteiger charge is 2.25. The zero-order valence-electron chi connectivity index (χ0n) is 9.53. The Morgan fingerprint density at radius 3 is 2.88 bits per heavy atom. The summed E-state index contributed by atoms with van der Waals surface area (Å²) >= 11 is 5.96. The fourth-order valence-corrected chi connectivity index (χ4v) is 2.20. The van der Waals surface area contributed by atoms with Gasteiger partial charge in [-0.3, -0.25) is 0 Å². The SMILES string of the molecule is Cc1oc(-c2cccc(Cl)c2)nc1C1CNC1. The predicted octanol–water partition coefficient (Wildman–Crippen LogP) is 2.99. The molecule has 0 amide bonds. The van der Waals surface area contributed by atoms with Crippen LogP contribution in [0.4, 0.5) is 0 Å². The number of aryl methyl sites for hydroxylation is 1. The molecule has 88 valence electrons. The maximum Gasteiger partial charge on any atom is 0.226 e. The highest BCUT2D eigenvalue weighted by molar-refractivity contribution is 6.30. The zero-order valence-corrected chi connectivity index (χ0v) is 10.3. The Morgan fingerprint density at radius 2 is 2.24 bits per heavy atom. The minimum atomic E-state index is 0.492. The van der Waals surface area contributed by atoms with Crippen molar-refractivity contribution in [2.24, 2.45) is 0 Å². The molecule has 0 unspecified atom stereocenters. The molecule has 3 rings (SSSR count). The van der Waals surface area contributed by atoms with Crippen LogP contribution in [-0.4, -0.2) is 18.1 Å². The number of oxazole rings is 1. The Kier molecular flexibility index (Phi) is 2.65. The first-order chi connectivity index (χ1) is 8.24. The molecule has 3 nitrogen and oxygen atoms in total. The monoisotopic (exact) mass is 248 g/mol. The fourth-order valence-electron chi connectivity index (χ4n) is 2.01. The number of halogens is 1. The van der Waals surface area contributed by atoms with Crippen molar-refractivity contribution >= 4 is 11.6 Å². The Balaban J connectivity index is 1.98. The van der Waals surface area contributed by atoms with Gasteiger partial charge in [-0.25, -0.2) is 4.98 Å². The summed E-state index contributed by atoms with van der Waals surface area (Å²) in [5.41, 5.74) is 2.00. The van der Waals surface area contributed by atoms with Gasteiger partial charge in [0.15, 0.2) is 0 Å². The summed E-state index contributed by atoms with van der Waals surface area (Å²) < 4.78 is 5.72. The molecular formula is C13H13ClN2O. The lowest BCUT2D eigenvalue weighted by Gasteiger charge is -2.25. The maximum atomic E-state index is 5.96. The molecule has 0 bridgehead atoms. The van der Waals surface area contributed by atoms with E-state index in [1.807, 2.05) is 31.2 Å². The van der Waals surface area contributed by atoms with Crippen molar-refractivity contribution < 1.29 is 4.42 Å². The zero-order chi connectivity index (χ0) is 11.8. The molecule has 2 heterocycles. The highest BCUT2D eigenvalue weighted by Crippen LogP contribution is 2.29. The number of nitrogens with zero attached hydrogens (tertiary/aromatic N) is 1. The largest absolute Gasteiger partial charge is 0.441 e. The number of hydrogen-bond acceptors (Lipinski definition) is 3. The van der Waals surface area contributed by atoms with Crippen LogP contribution >= 0.6 is 11.6 Å². The summed E-state index contributed by atoms with van der Waals surface area (Å²) in [6.07, 6.45) is 0. The predicted molar refractivity (Wildman–Crippen MR) is 67.3 cm³/mol. The Labute approximate surface area is 105 Å². The van der Waals surface area contributed by atoms with E-state index >= 15 is 0 Å². The molecule has 0 spiro atoms. The molecule has 1 N–H and O–H groups in total. The first-order valence-corrected chi connectivity index (χ1v) is 6.06. The first-order valence-electron chi connectivity index (χ1n) is 5.68. The number of aromatic nitrogens is 1. The summed E-state index contributed by atoms with van der Waals surface area (Å²) in [6.45, 7) is 3.94. The lowest BCUT2D eigenvalue weighted by molar-refractivity contribution is 0.433.